The zero-order valence-corrected chi connectivity index (χ0v) is 4.78. The highest BCUT2D eigenvalue weighted by atomic mass is 32.7. The molecule has 0 amide bonds. The minimum absolute atomic E-state index is 1.09. The van der Waals surface area contributed by atoms with Gasteiger partial charge in [-0.1, -0.05) is 6.58 Å². The maximum absolute atomic E-state index is 9.76. The highest BCUT2D eigenvalue weighted by Gasteiger charge is 2.02. The van der Waals surface area contributed by atoms with Gasteiger partial charge in [0, 0.05) is 0 Å². The van der Waals surface area contributed by atoms with Gasteiger partial charge in [0.1, 0.15) is 6.26 Å². The largest absolute Gasteiger partial charge is 0.630 e. The minimum atomic E-state index is -1.77. The lowest BCUT2D eigenvalue weighted by Gasteiger charge is -1.64. The summed E-state index contributed by atoms with van der Waals surface area (Å²) in [5.41, 5.74) is 0. The molecule has 34 valence electrons. The molecule has 0 N–H and O–H groups in total. The molecule has 0 aliphatic carbocycles. The summed E-state index contributed by atoms with van der Waals surface area (Å²) in [5.74, 6) is 0. The Kier molecular flexibility index (Phi) is 3.19. The number of rotatable bonds is 2. The van der Waals surface area contributed by atoms with Gasteiger partial charge in [-0.15, -0.1) is 0 Å². The lowest BCUT2D eigenvalue weighted by Crippen LogP contribution is -1.48. The van der Waals surface area contributed by atoms with Gasteiger partial charge in [-0.2, -0.15) is 0 Å². The molecule has 6 heavy (non-hydrogen) atoms. The first-order valence-electron chi connectivity index (χ1n) is 1.21. The van der Waals surface area contributed by atoms with Crippen molar-refractivity contribution in [3.05, 3.63) is 12.8 Å². The van der Waals surface area contributed by atoms with Crippen LogP contribution in [0.25, 0.3) is 0 Å². The van der Waals surface area contributed by atoms with Crippen LogP contribution in [0.3, 0.4) is 0 Å². The van der Waals surface area contributed by atoms with Crippen molar-refractivity contribution < 1.29 is 9.09 Å². The summed E-state index contributed by atoms with van der Waals surface area (Å²) in [6.07, 6.45) is 1.09. The number of hydrogen-bond donors (Lipinski definition) is 1. The topological polar surface area (TPSA) is 26.3 Å². The summed E-state index contributed by atoms with van der Waals surface area (Å²) < 4.78 is 13.9. The molecule has 0 radical (unpaired) electrons. The third-order valence-electron chi connectivity index (χ3n) is 0.165. The number of thiol groups is 1. The van der Waals surface area contributed by atoms with Gasteiger partial charge in [0.25, 0.3) is 0 Å². The van der Waals surface area contributed by atoms with Crippen molar-refractivity contribution in [2.45, 2.75) is 0 Å². The van der Waals surface area contributed by atoms with E-state index in [9.17, 15) is 4.57 Å². The SMILES string of the molecule is C=CO[P+](=O)S. The van der Waals surface area contributed by atoms with Crippen molar-refractivity contribution in [2.24, 2.45) is 0 Å². The second kappa shape index (κ2) is 3.19. The molecule has 2 nitrogen and oxygen atoms in total. The van der Waals surface area contributed by atoms with Crippen LogP contribution in [0.4, 0.5) is 0 Å². The Morgan fingerprint density at radius 2 is 2.50 bits per heavy atom. The van der Waals surface area contributed by atoms with Crippen molar-refractivity contribution in [3.63, 3.8) is 0 Å². The van der Waals surface area contributed by atoms with Crippen LogP contribution in [0.15, 0.2) is 12.8 Å². The molecule has 0 rings (SSSR count). The molecule has 0 heterocycles. The molecule has 0 spiro atoms. The zero-order chi connectivity index (χ0) is 4.99. The Balaban J connectivity index is 3.05. The van der Waals surface area contributed by atoms with E-state index >= 15 is 0 Å². The standard InChI is InChI=1S/C2H3O2PS/c1-2-4-5(3)6/h2H,1H2/p+1. The van der Waals surface area contributed by atoms with Gasteiger partial charge in [0.05, 0.1) is 0 Å². The van der Waals surface area contributed by atoms with Crippen LogP contribution in [-0.4, -0.2) is 0 Å². The van der Waals surface area contributed by atoms with Gasteiger partial charge in [-0.05, 0) is 4.57 Å². The van der Waals surface area contributed by atoms with E-state index in [1.165, 1.54) is 0 Å². The third kappa shape index (κ3) is 3.99. The van der Waals surface area contributed by atoms with E-state index < -0.39 is 7.23 Å². The molecule has 1 unspecified atom stereocenters. The normalized spacial score (nSPS) is 9.83. The van der Waals surface area contributed by atoms with Crippen molar-refractivity contribution in [2.75, 3.05) is 0 Å². The summed E-state index contributed by atoms with van der Waals surface area (Å²) >= 11 is 3.39. The molecule has 0 fully saturated rings. The Hall–Kier alpha value is -0.0100. The summed E-state index contributed by atoms with van der Waals surface area (Å²) in [4.78, 5) is 0. The van der Waals surface area contributed by atoms with E-state index in [4.69, 9.17) is 0 Å². The maximum Gasteiger partial charge on any atom is 0.630 e. The molecular weight excluding hydrogens is 119 g/mol. The Morgan fingerprint density at radius 3 is 2.50 bits per heavy atom. The molecule has 4 heteroatoms. The van der Waals surface area contributed by atoms with Gasteiger partial charge < -0.3 is 0 Å². The second-order valence-corrected chi connectivity index (χ2v) is 2.18. The Bertz CT molecular complexity index is 71.9. The molecule has 0 aromatic carbocycles. The van der Waals surface area contributed by atoms with Crippen LogP contribution in [0.2, 0.25) is 0 Å². The molecule has 0 bridgehead atoms. The van der Waals surface area contributed by atoms with E-state index in [1.54, 1.807) is 0 Å². The fourth-order valence-corrected chi connectivity index (χ4v) is 0.391. The Morgan fingerprint density at radius 1 is 2.00 bits per heavy atom. The van der Waals surface area contributed by atoms with Gasteiger partial charge in [0.2, 0.25) is 0 Å². The molecular formula is C2H4O2PS+. The van der Waals surface area contributed by atoms with Crippen LogP contribution in [0.5, 0.6) is 0 Å². The molecule has 0 aliphatic heterocycles. The van der Waals surface area contributed by atoms with Crippen LogP contribution in [-0.2, 0) is 9.09 Å². The monoisotopic (exact) mass is 123 g/mol. The maximum atomic E-state index is 9.76. The van der Waals surface area contributed by atoms with E-state index in [-0.39, 0.29) is 0 Å². The summed E-state index contributed by atoms with van der Waals surface area (Å²) in [6.45, 7) is 3.15. The van der Waals surface area contributed by atoms with Crippen molar-refractivity contribution >= 4 is 19.5 Å². The van der Waals surface area contributed by atoms with Crippen LogP contribution in [0, 0.1) is 0 Å². The first-order chi connectivity index (χ1) is 2.77. The lowest BCUT2D eigenvalue weighted by atomic mass is 11.2. The van der Waals surface area contributed by atoms with E-state index in [1.807, 2.05) is 0 Å². The number of hydrogen-bond acceptors (Lipinski definition) is 2. The Labute approximate surface area is 42.2 Å². The van der Waals surface area contributed by atoms with Gasteiger partial charge in [0.15, 0.2) is 12.2 Å². The first kappa shape index (κ1) is 5.99. The third-order valence-corrected chi connectivity index (χ3v) is 0.777. The van der Waals surface area contributed by atoms with Crippen LogP contribution in [0.1, 0.15) is 0 Å². The fraction of sp³-hybridized carbons (Fsp3) is 0. The molecule has 1 atom stereocenters. The fourth-order valence-electron chi connectivity index (χ4n) is 0.0638. The average Bonchev–Trinajstić information content (AvgIpc) is 1.35. The zero-order valence-electron chi connectivity index (χ0n) is 3.00. The predicted molar refractivity (Wildman–Crippen MR) is 27.9 cm³/mol. The molecule has 0 aliphatic rings. The predicted octanol–water partition coefficient (Wildman–Crippen LogP) is 1.73. The van der Waals surface area contributed by atoms with E-state index in [0.717, 1.165) is 6.26 Å². The minimum Gasteiger partial charge on any atom is -0.254 e. The van der Waals surface area contributed by atoms with Crippen LogP contribution >= 0.6 is 19.5 Å². The highest BCUT2D eigenvalue weighted by Crippen LogP contribution is 2.26. The van der Waals surface area contributed by atoms with Crippen molar-refractivity contribution in [3.8, 4) is 0 Å². The molecule has 0 aromatic rings. The molecule has 0 saturated heterocycles. The average molecular weight is 123 g/mol. The summed E-state index contributed by atoms with van der Waals surface area (Å²) in [5, 5.41) is 0. The lowest BCUT2D eigenvalue weighted by molar-refractivity contribution is 0.480. The van der Waals surface area contributed by atoms with Crippen molar-refractivity contribution in [1.82, 2.24) is 0 Å². The molecule has 0 aromatic heterocycles. The van der Waals surface area contributed by atoms with Crippen molar-refractivity contribution in [1.29, 1.82) is 0 Å². The van der Waals surface area contributed by atoms with E-state index in [2.05, 4.69) is 23.4 Å². The van der Waals surface area contributed by atoms with Gasteiger partial charge in [-0.25, -0.2) is 0 Å². The highest BCUT2D eigenvalue weighted by molar-refractivity contribution is 8.39. The first-order valence-corrected chi connectivity index (χ1v) is 3.54. The second-order valence-electron chi connectivity index (χ2n) is 0.510. The van der Waals surface area contributed by atoms with Gasteiger partial charge in [-0.3, -0.25) is 4.52 Å². The van der Waals surface area contributed by atoms with E-state index in [0.29, 0.717) is 0 Å². The smallest absolute Gasteiger partial charge is 0.254 e. The summed E-state index contributed by atoms with van der Waals surface area (Å²) in [7, 11) is -1.77. The molecule has 0 saturated carbocycles. The summed E-state index contributed by atoms with van der Waals surface area (Å²) in [6, 6.07) is 0. The quantitative estimate of drug-likeness (QED) is 0.344. The van der Waals surface area contributed by atoms with Crippen LogP contribution < -0.4 is 0 Å². The van der Waals surface area contributed by atoms with Gasteiger partial charge >= 0.3 is 7.23 Å².